The zero-order valence-electron chi connectivity index (χ0n) is 10.2. The van der Waals surface area contributed by atoms with Gasteiger partial charge in [0, 0.05) is 9.77 Å². The molecule has 0 fully saturated rings. The average Bonchev–Trinajstić information content (AvgIpc) is 2.46. The maximum Gasteiger partial charge on any atom is 0.366 e. The molecule has 0 amide bonds. The van der Waals surface area contributed by atoms with Crippen molar-refractivity contribution in [3.8, 4) is 0 Å². The Kier molecular flexibility index (Phi) is 4.62. The summed E-state index contributed by atoms with van der Waals surface area (Å²) in [7, 11) is 0. The lowest BCUT2D eigenvalue weighted by Crippen LogP contribution is -2.06. The summed E-state index contributed by atoms with van der Waals surface area (Å²) < 4.78 is 0.829. The zero-order chi connectivity index (χ0) is 13.7. The van der Waals surface area contributed by atoms with Gasteiger partial charge in [-0.1, -0.05) is 23.4 Å². The molecule has 0 bridgehead atoms. The monoisotopic (exact) mass is 366 g/mol. The van der Waals surface area contributed by atoms with Gasteiger partial charge in [-0.25, -0.2) is 4.79 Å². The molecule has 0 N–H and O–H groups in total. The molecule has 1 heterocycles. The first-order valence-electron chi connectivity index (χ1n) is 5.60. The Morgan fingerprint density at radius 2 is 1.95 bits per heavy atom. The Morgan fingerprint density at radius 3 is 2.63 bits per heavy atom. The Balaban J connectivity index is 2.11. The molecule has 0 atom stereocenters. The third-order valence-corrected chi connectivity index (χ3v) is 3.34. The maximum atomic E-state index is 11.8. The molecule has 0 aliphatic carbocycles. The molecule has 2 aromatic rings. The van der Waals surface area contributed by atoms with E-state index in [1.54, 1.807) is 31.3 Å². The fraction of sp³-hybridized carbons (Fsp3) is 0.0714. The number of benzene rings is 1. The molecular weight excluding hydrogens is 355 g/mol. The molecule has 0 aliphatic heterocycles. The molecule has 0 unspecified atom stereocenters. The van der Waals surface area contributed by atoms with Crippen LogP contribution in [0.4, 0.5) is 0 Å². The molecule has 0 radical (unpaired) electrons. The van der Waals surface area contributed by atoms with E-state index < -0.39 is 5.97 Å². The van der Waals surface area contributed by atoms with Gasteiger partial charge in [-0.05, 0) is 53.8 Å². The molecule has 19 heavy (non-hydrogen) atoms. The number of nitrogens with zero attached hydrogens (tertiary/aromatic N) is 2. The molecule has 0 saturated carbocycles. The van der Waals surface area contributed by atoms with Gasteiger partial charge in [0.15, 0.2) is 0 Å². The van der Waals surface area contributed by atoms with Crippen LogP contribution in [0.25, 0.3) is 0 Å². The smallest absolute Gasteiger partial charge is 0.312 e. The van der Waals surface area contributed by atoms with E-state index in [0.717, 1.165) is 3.57 Å². The molecular formula is C14H11IN2O2. The quantitative estimate of drug-likeness (QED) is 0.363. The SMILES string of the molecule is CC(=NOC(=O)c1ccccc1I)c1ccccn1. The lowest BCUT2D eigenvalue weighted by atomic mass is 10.2. The zero-order valence-corrected chi connectivity index (χ0v) is 12.4. The van der Waals surface area contributed by atoms with Gasteiger partial charge in [0.05, 0.1) is 11.3 Å². The van der Waals surface area contributed by atoms with Gasteiger partial charge in [0.25, 0.3) is 0 Å². The summed E-state index contributed by atoms with van der Waals surface area (Å²) in [5, 5.41) is 3.81. The molecule has 0 saturated heterocycles. The van der Waals surface area contributed by atoms with Crippen LogP contribution in [0.3, 0.4) is 0 Å². The van der Waals surface area contributed by atoms with Crippen molar-refractivity contribution in [2.24, 2.45) is 5.16 Å². The summed E-state index contributed by atoms with van der Waals surface area (Å²) in [5.74, 6) is -0.472. The number of hydrogen-bond acceptors (Lipinski definition) is 4. The van der Waals surface area contributed by atoms with Crippen molar-refractivity contribution in [1.29, 1.82) is 0 Å². The van der Waals surface area contributed by atoms with E-state index in [4.69, 9.17) is 4.84 Å². The summed E-state index contributed by atoms with van der Waals surface area (Å²) >= 11 is 2.08. The Bertz CT molecular complexity index is 612. The van der Waals surface area contributed by atoms with Gasteiger partial charge in [0.2, 0.25) is 0 Å². The number of oxime groups is 1. The summed E-state index contributed by atoms with van der Waals surface area (Å²) in [6.07, 6.45) is 1.66. The Morgan fingerprint density at radius 1 is 1.21 bits per heavy atom. The third kappa shape index (κ3) is 3.60. The summed E-state index contributed by atoms with van der Waals surface area (Å²) in [6, 6.07) is 12.7. The van der Waals surface area contributed by atoms with Crippen LogP contribution in [0, 0.1) is 3.57 Å². The lowest BCUT2D eigenvalue weighted by molar-refractivity contribution is 0.0515. The Hall–Kier alpha value is -1.76. The number of halogens is 1. The topological polar surface area (TPSA) is 51.5 Å². The first-order valence-corrected chi connectivity index (χ1v) is 6.68. The van der Waals surface area contributed by atoms with Gasteiger partial charge < -0.3 is 4.84 Å². The molecule has 4 nitrogen and oxygen atoms in total. The van der Waals surface area contributed by atoms with E-state index in [1.807, 2.05) is 24.3 Å². The fourth-order valence-electron chi connectivity index (χ4n) is 1.41. The largest absolute Gasteiger partial charge is 0.366 e. The van der Waals surface area contributed by atoms with Crippen LogP contribution in [0.5, 0.6) is 0 Å². The van der Waals surface area contributed by atoms with Crippen LogP contribution in [0.15, 0.2) is 53.8 Å². The second kappa shape index (κ2) is 6.42. The van der Waals surface area contributed by atoms with Crippen LogP contribution < -0.4 is 0 Å². The number of carbonyl (C=O) groups excluding carboxylic acids is 1. The standard InChI is InChI=1S/C14H11IN2O2/c1-10(13-8-4-5-9-16-13)17-19-14(18)11-6-2-3-7-12(11)15/h2-9H,1H3. The predicted octanol–water partition coefficient (Wildman–Crippen LogP) is 3.27. The van der Waals surface area contributed by atoms with Gasteiger partial charge in [-0.15, -0.1) is 0 Å². The minimum Gasteiger partial charge on any atom is -0.312 e. The van der Waals surface area contributed by atoms with Crippen molar-refractivity contribution in [3.63, 3.8) is 0 Å². The van der Waals surface area contributed by atoms with Gasteiger partial charge in [0.1, 0.15) is 5.71 Å². The predicted molar refractivity (Wildman–Crippen MR) is 81.0 cm³/mol. The molecule has 1 aromatic heterocycles. The van der Waals surface area contributed by atoms with E-state index in [2.05, 4.69) is 32.7 Å². The molecule has 96 valence electrons. The fourth-order valence-corrected chi connectivity index (χ4v) is 2.02. The van der Waals surface area contributed by atoms with Crippen molar-refractivity contribution in [2.45, 2.75) is 6.92 Å². The third-order valence-electron chi connectivity index (χ3n) is 2.39. The van der Waals surface area contributed by atoms with Crippen molar-refractivity contribution in [1.82, 2.24) is 4.98 Å². The molecule has 2 rings (SSSR count). The summed E-state index contributed by atoms with van der Waals surface area (Å²) in [4.78, 5) is 20.9. The van der Waals surface area contributed by atoms with E-state index in [-0.39, 0.29) is 0 Å². The van der Waals surface area contributed by atoms with Gasteiger partial charge >= 0.3 is 5.97 Å². The molecule has 0 aliphatic rings. The first-order chi connectivity index (χ1) is 9.18. The number of carbonyl (C=O) groups is 1. The van der Waals surface area contributed by atoms with E-state index in [1.165, 1.54) is 0 Å². The number of pyridine rings is 1. The van der Waals surface area contributed by atoms with Gasteiger partial charge in [-0.2, -0.15) is 0 Å². The van der Waals surface area contributed by atoms with E-state index in [9.17, 15) is 4.79 Å². The van der Waals surface area contributed by atoms with Crippen LogP contribution in [0.1, 0.15) is 23.0 Å². The number of hydrogen-bond donors (Lipinski definition) is 0. The average molecular weight is 366 g/mol. The maximum absolute atomic E-state index is 11.8. The lowest BCUT2D eigenvalue weighted by Gasteiger charge is -2.02. The molecule has 1 aromatic carbocycles. The highest BCUT2D eigenvalue weighted by Crippen LogP contribution is 2.12. The normalized spacial score (nSPS) is 11.2. The number of rotatable bonds is 3. The van der Waals surface area contributed by atoms with Gasteiger partial charge in [-0.3, -0.25) is 4.98 Å². The number of aromatic nitrogens is 1. The van der Waals surface area contributed by atoms with Crippen molar-refractivity contribution in [3.05, 3.63) is 63.5 Å². The van der Waals surface area contributed by atoms with Crippen LogP contribution in [-0.4, -0.2) is 16.7 Å². The van der Waals surface area contributed by atoms with Crippen molar-refractivity contribution in [2.75, 3.05) is 0 Å². The Labute approximate surface area is 124 Å². The van der Waals surface area contributed by atoms with E-state index in [0.29, 0.717) is 17.0 Å². The van der Waals surface area contributed by atoms with Crippen LogP contribution >= 0.6 is 22.6 Å². The molecule has 0 spiro atoms. The van der Waals surface area contributed by atoms with Crippen molar-refractivity contribution >= 4 is 34.3 Å². The minimum atomic E-state index is -0.472. The second-order valence-corrected chi connectivity index (χ2v) is 4.91. The first kappa shape index (κ1) is 13.7. The highest BCUT2D eigenvalue weighted by molar-refractivity contribution is 14.1. The summed E-state index contributed by atoms with van der Waals surface area (Å²) in [5.41, 5.74) is 1.73. The van der Waals surface area contributed by atoms with Crippen molar-refractivity contribution < 1.29 is 9.63 Å². The molecule has 5 heteroatoms. The summed E-state index contributed by atoms with van der Waals surface area (Å²) in [6.45, 7) is 1.74. The highest BCUT2D eigenvalue weighted by Gasteiger charge is 2.11. The minimum absolute atomic E-state index is 0.472. The second-order valence-electron chi connectivity index (χ2n) is 3.75. The van der Waals surface area contributed by atoms with Crippen LogP contribution in [0.2, 0.25) is 0 Å². The highest BCUT2D eigenvalue weighted by atomic mass is 127. The van der Waals surface area contributed by atoms with E-state index >= 15 is 0 Å². The van der Waals surface area contributed by atoms with Crippen LogP contribution in [-0.2, 0) is 4.84 Å².